The largest absolute Gasteiger partial charge is 0.497 e. The number of ether oxygens (including phenoxy) is 3. The fraction of sp³-hybridized carbons (Fsp3) is 0.417. The molecule has 2 aromatic rings. The summed E-state index contributed by atoms with van der Waals surface area (Å²) in [7, 11) is 4.77. The van der Waals surface area contributed by atoms with Crippen molar-refractivity contribution in [2.75, 3.05) is 21.3 Å². The lowest BCUT2D eigenvalue weighted by Gasteiger charge is -2.29. The van der Waals surface area contributed by atoms with E-state index in [9.17, 15) is 9.59 Å². The zero-order chi connectivity index (χ0) is 22.2. The van der Waals surface area contributed by atoms with E-state index in [-0.39, 0.29) is 11.8 Å². The Morgan fingerprint density at radius 1 is 1.00 bits per heavy atom. The summed E-state index contributed by atoms with van der Waals surface area (Å²) in [5.41, 5.74) is 1.83. The van der Waals surface area contributed by atoms with Crippen LogP contribution in [0.2, 0.25) is 0 Å². The van der Waals surface area contributed by atoms with E-state index in [1.807, 2.05) is 42.5 Å². The van der Waals surface area contributed by atoms with Crippen LogP contribution in [-0.2, 0) is 22.7 Å². The third kappa shape index (κ3) is 5.69. The summed E-state index contributed by atoms with van der Waals surface area (Å²) in [6, 6.07) is 12.6. The Hall–Kier alpha value is -3.22. The molecule has 7 heteroatoms. The molecular weight excluding hydrogens is 396 g/mol. The van der Waals surface area contributed by atoms with Gasteiger partial charge < -0.3 is 24.4 Å². The first-order valence-corrected chi connectivity index (χ1v) is 10.5. The molecule has 0 aliphatic carbocycles. The van der Waals surface area contributed by atoms with Crippen LogP contribution in [0.1, 0.15) is 36.8 Å². The van der Waals surface area contributed by atoms with Crippen LogP contribution >= 0.6 is 0 Å². The molecule has 1 atom stereocenters. The number of carbonyl (C=O) groups is 2. The monoisotopic (exact) mass is 426 g/mol. The Balaban J connectivity index is 1.72. The predicted molar refractivity (Wildman–Crippen MR) is 117 cm³/mol. The molecule has 1 fully saturated rings. The molecule has 1 aliphatic rings. The molecule has 7 nitrogen and oxygen atoms in total. The maximum Gasteiger partial charge on any atom is 0.243 e. The highest BCUT2D eigenvalue weighted by Gasteiger charge is 2.31. The fourth-order valence-electron chi connectivity index (χ4n) is 3.82. The van der Waals surface area contributed by atoms with E-state index >= 15 is 0 Å². The number of hydrogen-bond acceptors (Lipinski definition) is 5. The lowest BCUT2D eigenvalue weighted by atomic mass is 10.1. The molecule has 0 bridgehead atoms. The molecule has 1 aliphatic heterocycles. The van der Waals surface area contributed by atoms with Gasteiger partial charge in [0.2, 0.25) is 11.8 Å². The Morgan fingerprint density at radius 3 is 2.55 bits per heavy atom. The van der Waals surface area contributed by atoms with Gasteiger partial charge in [-0.25, -0.2) is 0 Å². The highest BCUT2D eigenvalue weighted by atomic mass is 16.5. The minimum absolute atomic E-state index is 0.00610. The first-order valence-electron chi connectivity index (χ1n) is 10.5. The molecule has 1 N–H and O–H groups in total. The van der Waals surface area contributed by atoms with Crippen molar-refractivity contribution < 1.29 is 23.8 Å². The Kier molecular flexibility index (Phi) is 7.76. The number of nitrogens with one attached hydrogen (secondary N) is 1. The van der Waals surface area contributed by atoms with Crippen molar-refractivity contribution in [2.45, 2.75) is 44.8 Å². The van der Waals surface area contributed by atoms with Crippen LogP contribution in [-0.4, -0.2) is 44.1 Å². The Bertz CT molecular complexity index is 915. The molecule has 0 aromatic heterocycles. The normalized spacial score (nSPS) is 16.4. The maximum atomic E-state index is 13.1. The van der Waals surface area contributed by atoms with Crippen molar-refractivity contribution in [2.24, 2.45) is 0 Å². The quantitative estimate of drug-likeness (QED) is 0.701. The second-order valence-electron chi connectivity index (χ2n) is 7.54. The number of nitrogens with zero attached hydrogens (tertiary/aromatic N) is 1. The second kappa shape index (κ2) is 10.7. The standard InChI is InChI=1S/C24H30N2O5/c1-29-19-8-6-7-18(13-19)16-26-20(9-4-5-10-23(26)27)24(28)25-15-17-11-12-21(30-2)22(14-17)31-3/h6-8,11-14,20H,4-5,9-10,15-16H2,1-3H3,(H,25,28). The minimum atomic E-state index is -0.499. The summed E-state index contributed by atoms with van der Waals surface area (Å²) in [6.07, 6.45) is 2.75. The Morgan fingerprint density at radius 2 is 1.81 bits per heavy atom. The van der Waals surface area contributed by atoms with Crippen molar-refractivity contribution in [1.82, 2.24) is 10.2 Å². The Labute approximate surface area is 183 Å². The van der Waals surface area contributed by atoms with Crippen LogP contribution in [0.3, 0.4) is 0 Å². The highest BCUT2D eigenvalue weighted by Crippen LogP contribution is 2.28. The van der Waals surface area contributed by atoms with Crippen LogP contribution in [0, 0.1) is 0 Å². The van der Waals surface area contributed by atoms with Gasteiger partial charge in [0.1, 0.15) is 11.8 Å². The topological polar surface area (TPSA) is 77.1 Å². The van der Waals surface area contributed by atoms with Crippen LogP contribution in [0.5, 0.6) is 17.2 Å². The smallest absolute Gasteiger partial charge is 0.243 e. The highest BCUT2D eigenvalue weighted by molar-refractivity contribution is 5.88. The summed E-state index contributed by atoms with van der Waals surface area (Å²) in [6.45, 7) is 0.724. The van der Waals surface area contributed by atoms with E-state index < -0.39 is 6.04 Å². The van der Waals surface area contributed by atoms with Gasteiger partial charge in [0.25, 0.3) is 0 Å². The molecule has 1 heterocycles. The average Bonchev–Trinajstić information content (AvgIpc) is 2.98. The van der Waals surface area contributed by atoms with Crippen molar-refractivity contribution in [3.63, 3.8) is 0 Å². The fourth-order valence-corrected chi connectivity index (χ4v) is 3.82. The van der Waals surface area contributed by atoms with E-state index in [1.165, 1.54) is 0 Å². The summed E-state index contributed by atoms with van der Waals surface area (Å²) < 4.78 is 15.9. The first kappa shape index (κ1) is 22.5. The molecule has 0 radical (unpaired) electrons. The van der Waals surface area contributed by atoms with E-state index in [1.54, 1.807) is 26.2 Å². The second-order valence-corrected chi connectivity index (χ2v) is 7.54. The third-order valence-corrected chi connectivity index (χ3v) is 5.52. The lowest BCUT2D eigenvalue weighted by Crippen LogP contribution is -2.48. The predicted octanol–water partition coefficient (Wildman–Crippen LogP) is 3.30. The summed E-state index contributed by atoms with van der Waals surface area (Å²) in [4.78, 5) is 27.6. The molecular formula is C24H30N2O5. The summed E-state index contributed by atoms with van der Waals surface area (Å²) in [5.74, 6) is 1.84. The minimum Gasteiger partial charge on any atom is -0.497 e. The van der Waals surface area contributed by atoms with Gasteiger partial charge in [-0.3, -0.25) is 9.59 Å². The number of carbonyl (C=O) groups excluding carboxylic acids is 2. The van der Waals surface area contributed by atoms with Gasteiger partial charge in [-0.05, 0) is 48.2 Å². The lowest BCUT2D eigenvalue weighted by molar-refractivity contribution is -0.140. The number of benzene rings is 2. The number of amides is 2. The van der Waals surface area contributed by atoms with Gasteiger partial charge in [-0.1, -0.05) is 24.6 Å². The molecule has 166 valence electrons. The SMILES string of the molecule is COc1cccc(CN2C(=O)CCCCC2C(=O)NCc2ccc(OC)c(OC)c2)c1. The average molecular weight is 427 g/mol. The van der Waals surface area contributed by atoms with Gasteiger partial charge in [-0.2, -0.15) is 0 Å². The molecule has 3 rings (SSSR count). The van der Waals surface area contributed by atoms with Crippen molar-refractivity contribution in [3.8, 4) is 17.2 Å². The molecule has 0 spiro atoms. The third-order valence-electron chi connectivity index (χ3n) is 5.52. The molecule has 0 saturated carbocycles. The maximum absolute atomic E-state index is 13.1. The zero-order valence-corrected chi connectivity index (χ0v) is 18.3. The van der Waals surface area contributed by atoms with Crippen LogP contribution < -0.4 is 19.5 Å². The van der Waals surface area contributed by atoms with E-state index in [2.05, 4.69) is 5.32 Å². The van der Waals surface area contributed by atoms with Gasteiger partial charge in [0.15, 0.2) is 11.5 Å². The summed E-state index contributed by atoms with van der Waals surface area (Å²) >= 11 is 0. The summed E-state index contributed by atoms with van der Waals surface area (Å²) in [5, 5.41) is 2.99. The number of rotatable bonds is 8. The molecule has 2 amide bonds. The van der Waals surface area contributed by atoms with Crippen molar-refractivity contribution >= 4 is 11.8 Å². The van der Waals surface area contributed by atoms with Crippen LogP contribution in [0.4, 0.5) is 0 Å². The van der Waals surface area contributed by atoms with E-state index in [0.717, 1.165) is 29.7 Å². The van der Waals surface area contributed by atoms with Gasteiger partial charge >= 0.3 is 0 Å². The molecule has 31 heavy (non-hydrogen) atoms. The van der Waals surface area contributed by atoms with Gasteiger partial charge in [-0.15, -0.1) is 0 Å². The number of hydrogen-bond donors (Lipinski definition) is 1. The van der Waals surface area contributed by atoms with E-state index in [4.69, 9.17) is 14.2 Å². The van der Waals surface area contributed by atoms with Gasteiger partial charge in [0.05, 0.1) is 21.3 Å². The van der Waals surface area contributed by atoms with Crippen LogP contribution in [0.15, 0.2) is 42.5 Å². The van der Waals surface area contributed by atoms with E-state index in [0.29, 0.717) is 37.4 Å². The van der Waals surface area contributed by atoms with Crippen LogP contribution in [0.25, 0.3) is 0 Å². The number of likely N-dealkylation sites (tertiary alicyclic amines) is 1. The first-order chi connectivity index (χ1) is 15.0. The molecule has 1 saturated heterocycles. The molecule has 2 aromatic carbocycles. The zero-order valence-electron chi connectivity index (χ0n) is 18.3. The van der Waals surface area contributed by atoms with Gasteiger partial charge in [0, 0.05) is 19.5 Å². The van der Waals surface area contributed by atoms with Crippen molar-refractivity contribution in [3.05, 3.63) is 53.6 Å². The number of methoxy groups -OCH3 is 3. The molecule has 1 unspecified atom stereocenters. The van der Waals surface area contributed by atoms with Crippen molar-refractivity contribution in [1.29, 1.82) is 0 Å².